The largest absolute Gasteiger partial charge is 0.491 e. The summed E-state index contributed by atoms with van der Waals surface area (Å²) in [6.07, 6.45) is -0.496. The Labute approximate surface area is 197 Å². The average Bonchev–Trinajstić information content (AvgIpc) is 3.39. The highest BCUT2D eigenvalue weighted by Crippen LogP contribution is 2.33. The first-order valence-corrected chi connectivity index (χ1v) is 11.4. The smallest absolute Gasteiger partial charge is 0.227 e. The Hall–Kier alpha value is -3.71. The molecule has 0 unspecified atom stereocenters. The number of halogens is 1. The molecule has 4 aromatic rings. The number of aliphatic hydroxyl groups excluding tert-OH is 1. The molecule has 5 rings (SSSR count). The van der Waals surface area contributed by atoms with Gasteiger partial charge in [0.1, 0.15) is 30.1 Å². The maximum atomic E-state index is 13.7. The molecule has 7 heteroatoms. The molecule has 6 nitrogen and oxygen atoms in total. The zero-order chi connectivity index (χ0) is 23.7. The van der Waals surface area contributed by atoms with Gasteiger partial charge in [0.25, 0.3) is 0 Å². The van der Waals surface area contributed by atoms with Gasteiger partial charge in [-0.15, -0.1) is 0 Å². The number of amides is 1. The Morgan fingerprint density at radius 3 is 2.71 bits per heavy atom. The Balaban J connectivity index is 1.38. The van der Waals surface area contributed by atoms with Gasteiger partial charge in [0, 0.05) is 24.6 Å². The van der Waals surface area contributed by atoms with E-state index < -0.39 is 6.10 Å². The number of para-hydroxylation sites is 2. The summed E-state index contributed by atoms with van der Waals surface area (Å²) >= 11 is 0. The van der Waals surface area contributed by atoms with Crippen molar-refractivity contribution in [3.8, 4) is 5.75 Å². The number of carbonyl (C=O) groups excluding carboxylic acids is 1. The summed E-state index contributed by atoms with van der Waals surface area (Å²) in [6.45, 7) is 2.83. The van der Waals surface area contributed by atoms with Crippen LogP contribution in [0.25, 0.3) is 11.0 Å². The first-order chi connectivity index (χ1) is 16.5. The number of hydrogen-bond acceptors (Lipinski definition) is 4. The van der Waals surface area contributed by atoms with Crippen LogP contribution in [0.4, 0.5) is 10.1 Å². The Morgan fingerprint density at radius 1 is 1.12 bits per heavy atom. The lowest BCUT2D eigenvalue weighted by Gasteiger charge is -2.19. The van der Waals surface area contributed by atoms with E-state index in [-0.39, 0.29) is 37.2 Å². The number of carbonyl (C=O) groups is 1. The van der Waals surface area contributed by atoms with Crippen LogP contribution >= 0.6 is 0 Å². The molecule has 0 radical (unpaired) electrons. The molecule has 1 amide bonds. The fraction of sp³-hybridized carbons (Fsp3) is 0.259. The summed E-state index contributed by atoms with van der Waals surface area (Å²) in [5.41, 5.74) is 3.38. The first kappa shape index (κ1) is 22.1. The zero-order valence-corrected chi connectivity index (χ0v) is 18.9. The molecular weight excluding hydrogens is 433 g/mol. The molecule has 2 heterocycles. The fourth-order valence-electron chi connectivity index (χ4n) is 4.46. The molecule has 174 valence electrons. The second-order valence-corrected chi connectivity index (χ2v) is 8.73. The molecule has 0 saturated carbocycles. The quantitative estimate of drug-likeness (QED) is 0.444. The average molecular weight is 460 g/mol. The second-order valence-electron chi connectivity index (χ2n) is 8.73. The maximum absolute atomic E-state index is 13.7. The number of rotatable bonds is 7. The number of imidazole rings is 1. The summed E-state index contributed by atoms with van der Waals surface area (Å²) in [4.78, 5) is 19.2. The monoisotopic (exact) mass is 459 g/mol. The fourth-order valence-corrected chi connectivity index (χ4v) is 4.46. The standard InChI is InChI=1S/C27H26FN3O3/c1-18-9-11-23(12-10-18)34-17-22(32)16-31-25-8-3-2-7-24(25)29-27(31)19-13-26(33)30(15-19)21-6-4-5-20(28)14-21/h2-12,14,19,22,32H,13,15-17H2,1H3/t19-,22-/m0/s1. The second kappa shape index (κ2) is 9.27. The summed E-state index contributed by atoms with van der Waals surface area (Å²) in [5, 5.41) is 10.8. The van der Waals surface area contributed by atoms with Gasteiger partial charge in [0.15, 0.2) is 0 Å². The number of aromatic nitrogens is 2. The van der Waals surface area contributed by atoms with Crippen LogP contribution in [0.1, 0.15) is 23.7 Å². The molecule has 1 fully saturated rings. The number of fused-ring (bicyclic) bond motifs is 1. The van der Waals surface area contributed by atoms with E-state index >= 15 is 0 Å². The molecule has 1 saturated heterocycles. The van der Waals surface area contributed by atoms with Crippen LogP contribution in [-0.2, 0) is 11.3 Å². The maximum Gasteiger partial charge on any atom is 0.227 e. The van der Waals surface area contributed by atoms with E-state index in [1.54, 1.807) is 17.0 Å². The van der Waals surface area contributed by atoms with Gasteiger partial charge in [-0.25, -0.2) is 9.37 Å². The summed E-state index contributed by atoms with van der Waals surface area (Å²) in [5.74, 6) is 0.818. The van der Waals surface area contributed by atoms with E-state index in [0.717, 1.165) is 22.4 Å². The molecule has 3 aromatic carbocycles. The molecule has 1 aliphatic heterocycles. The van der Waals surface area contributed by atoms with Gasteiger partial charge in [0.05, 0.1) is 17.6 Å². The van der Waals surface area contributed by atoms with Crippen LogP contribution in [0.15, 0.2) is 72.8 Å². The Morgan fingerprint density at radius 2 is 1.91 bits per heavy atom. The van der Waals surface area contributed by atoms with Crippen molar-refractivity contribution >= 4 is 22.6 Å². The zero-order valence-electron chi connectivity index (χ0n) is 18.9. The highest BCUT2D eigenvalue weighted by molar-refractivity contribution is 5.96. The van der Waals surface area contributed by atoms with E-state index in [0.29, 0.717) is 18.0 Å². The molecule has 1 aromatic heterocycles. The van der Waals surface area contributed by atoms with Crippen molar-refractivity contribution in [2.45, 2.75) is 31.9 Å². The minimum Gasteiger partial charge on any atom is -0.491 e. The molecule has 0 aliphatic carbocycles. The molecule has 0 bridgehead atoms. The van der Waals surface area contributed by atoms with Crippen molar-refractivity contribution in [2.75, 3.05) is 18.1 Å². The van der Waals surface area contributed by atoms with E-state index in [1.807, 2.05) is 60.0 Å². The highest BCUT2D eigenvalue weighted by Gasteiger charge is 2.35. The van der Waals surface area contributed by atoms with Crippen LogP contribution in [-0.4, -0.2) is 39.8 Å². The lowest BCUT2D eigenvalue weighted by atomic mass is 10.1. The molecule has 34 heavy (non-hydrogen) atoms. The number of aliphatic hydroxyl groups is 1. The number of nitrogens with zero attached hydrogens (tertiary/aromatic N) is 3. The summed E-state index contributed by atoms with van der Waals surface area (Å²) < 4.78 is 21.5. The van der Waals surface area contributed by atoms with Gasteiger partial charge in [-0.05, 0) is 49.4 Å². The van der Waals surface area contributed by atoms with Crippen molar-refractivity contribution in [2.24, 2.45) is 0 Å². The third kappa shape index (κ3) is 4.52. The van der Waals surface area contributed by atoms with Gasteiger partial charge in [0.2, 0.25) is 5.91 Å². The van der Waals surface area contributed by atoms with Crippen molar-refractivity contribution in [3.63, 3.8) is 0 Å². The van der Waals surface area contributed by atoms with Crippen molar-refractivity contribution in [3.05, 3.63) is 90.0 Å². The van der Waals surface area contributed by atoms with Crippen LogP contribution in [0.5, 0.6) is 5.75 Å². The molecule has 2 atom stereocenters. The van der Waals surface area contributed by atoms with Gasteiger partial charge in [-0.2, -0.15) is 0 Å². The summed E-state index contributed by atoms with van der Waals surface area (Å²) in [6, 6.07) is 21.5. The third-order valence-corrected chi connectivity index (χ3v) is 6.15. The van der Waals surface area contributed by atoms with Crippen molar-refractivity contribution in [1.29, 1.82) is 0 Å². The first-order valence-electron chi connectivity index (χ1n) is 11.4. The molecular formula is C27H26FN3O3. The number of benzene rings is 3. The lowest BCUT2D eigenvalue weighted by Crippen LogP contribution is -2.26. The van der Waals surface area contributed by atoms with Gasteiger partial charge in [-0.1, -0.05) is 35.9 Å². The van der Waals surface area contributed by atoms with E-state index in [9.17, 15) is 14.3 Å². The van der Waals surface area contributed by atoms with E-state index in [2.05, 4.69) is 0 Å². The SMILES string of the molecule is Cc1ccc(OC[C@@H](O)Cn2c([C@H]3CC(=O)N(c4cccc(F)c4)C3)nc3ccccc32)cc1. The van der Waals surface area contributed by atoms with Crippen LogP contribution in [0.3, 0.4) is 0 Å². The van der Waals surface area contributed by atoms with Crippen LogP contribution in [0.2, 0.25) is 0 Å². The normalized spacial score (nSPS) is 16.9. The summed E-state index contributed by atoms with van der Waals surface area (Å²) in [7, 11) is 0. The van der Waals surface area contributed by atoms with Crippen LogP contribution in [0, 0.1) is 12.7 Å². The third-order valence-electron chi connectivity index (χ3n) is 6.15. The predicted octanol–water partition coefficient (Wildman–Crippen LogP) is 4.44. The number of anilines is 1. The van der Waals surface area contributed by atoms with Gasteiger partial charge in [-0.3, -0.25) is 4.79 Å². The highest BCUT2D eigenvalue weighted by atomic mass is 19.1. The van der Waals surface area contributed by atoms with Crippen LogP contribution < -0.4 is 9.64 Å². The van der Waals surface area contributed by atoms with Crippen molar-refractivity contribution in [1.82, 2.24) is 9.55 Å². The van der Waals surface area contributed by atoms with Crippen molar-refractivity contribution < 1.29 is 19.0 Å². The Kier molecular flexibility index (Phi) is 6.02. The predicted molar refractivity (Wildman–Crippen MR) is 129 cm³/mol. The number of ether oxygens (including phenoxy) is 1. The topological polar surface area (TPSA) is 67.6 Å². The molecule has 0 spiro atoms. The molecule has 1 aliphatic rings. The minimum atomic E-state index is -0.769. The van der Waals surface area contributed by atoms with E-state index in [4.69, 9.17) is 9.72 Å². The van der Waals surface area contributed by atoms with Gasteiger partial charge >= 0.3 is 0 Å². The Bertz CT molecular complexity index is 1320. The number of aryl methyl sites for hydroxylation is 1. The van der Waals surface area contributed by atoms with Gasteiger partial charge < -0.3 is 19.3 Å². The van der Waals surface area contributed by atoms with E-state index in [1.165, 1.54) is 12.1 Å². The molecule has 1 N–H and O–H groups in total. The lowest BCUT2D eigenvalue weighted by molar-refractivity contribution is -0.117. The number of hydrogen-bond donors (Lipinski definition) is 1. The minimum absolute atomic E-state index is 0.0718.